The average Bonchev–Trinajstić information content (AvgIpc) is 3.39. The fourth-order valence-electron chi connectivity index (χ4n) is 3.86. The summed E-state index contributed by atoms with van der Waals surface area (Å²) in [6.45, 7) is 0. The highest BCUT2D eigenvalue weighted by Crippen LogP contribution is 2.48. The van der Waals surface area contributed by atoms with Crippen molar-refractivity contribution >= 4 is 11.4 Å². The molecule has 0 saturated carbocycles. The third-order valence-electron chi connectivity index (χ3n) is 5.18. The lowest BCUT2D eigenvalue weighted by Gasteiger charge is -2.30. The van der Waals surface area contributed by atoms with Crippen LogP contribution in [0.1, 0.15) is 11.7 Å². The molecule has 138 valence electrons. The summed E-state index contributed by atoms with van der Waals surface area (Å²) >= 11 is 0. The third kappa shape index (κ3) is 2.40. The standard InChI is InChI=1S/C23H15N5O/c24-12-15-21(20-11-10-19(29-20)14-6-2-1-3-7-14)16(13-25)23-27-17-8-4-5-9-18(17)28(23)22(15)26/h1-11,21,27H,26H2/t21-/m0/s1. The van der Waals surface area contributed by atoms with E-state index in [0.717, 1.165) is 16.9 Å². The van der Waals surface area contributed by atoms with Gasteiger partial charge in [0.25, 0.3) is 0 Å². The molecule has 6 nitrogen and oxygen atoms in total. The van der Waals surface area contributed by atoms with Crippen molar-refractivity contribution in [2.75, 3.05) is 10.2 Å². The van der Waals surface area contributed by atoms with E-state index >= 15 is 0 Å². The first-order valence-corrected chi connectivity index (χ1v) is 9.08. The van der Waals surface area contributed by atoms with Crippen LogP contribution < -0.4 is 16.0 Å². The first kappa shape index (κ1) is 16.7. The van der Waals surface area contributed by atoms with Gasteiger partial charge in [0, 0.05) is 5.56 Å². The van der Waals surface area contributed by atoms with E-state index in [1.165, 1.54) is 0 Å². The van der Waals surface area contributed by atoms with Crippen molar-refractivity contribution in [1.82, 2.24) is 0 Å². The first-order valence-electron chi connectivity index (χ1n) is 9.08. The summed E-state index contributed by atoms with van der Waals surface area (Å²) < 4.78 is 6.07. The predicted octanol–water partition coefficient (Wildman–Crippen LogP) is 4.40. The van der Waals surface area contributed by atoms with Crippen LogP contribution in [0.15, 0.2) is 93.9 Å². The SMILES string of the molecule is N#CC1=C(N)N2C(=C(C#N)[C@H]1c1ccc(-c3ccccc3)o1)Nc1ccccc12. The molecule has 2 aliphatic heterocycles. The second-order valence-electron chi connectivity index (χ2n) is 6.76. The first-order chi connectivity index (χ1) is 14.2. The van der Waals surface area contributed by atoms with Gasteiger partial charge in [0.2, 0.25) is 0 Å². The monoisotopic (exact) mass is 377 g/mol. The normalized spacial score (nSPS) is 17.3. The van der Waals surface area contributed by atoms with Crippen LogP contribution in [-0.2, 0) is 0 Å². The van der Waals surface area contributed by atoms with E-state index in [4.69, 9.17) is 10.2 Å². The minimum atomic E-state index is -0.671. The number of fused-ring (bicyclic) bond motifs is 3. The molecule has 0 aliphatic carbocycles. The highest BCUT2D eigenvalue weighted by atomic mass is 16.3. The molecule has 2 aliphatic rings. The number of para-hydroxylation sites is 2. The molecule has 1 atom stereocenters. The van der Waals surface area contributed by atoms with Crippen molar-refractivity contribution in [3.05, 3.63) is 95.3 Å². The van der Waals surface area contributed by atoms with Crippen LogP contribution in [0, 0.1) is 22.7 Å². The number of nitrogens with zero attached hydrogens (tertiary/aromatic N) is 3. The molecule has 5 rings (SSSR count). The van der Waals surface area contributed by atoms with Crippen LogP contribution in [0.3, 0.4) is 0 Å². The molecule has 0 amide bonds. The summed E-state index contributed by atoms with van der Waals surface area (Å²) in [7, 11) is 0. The Kier molecular flexibility index (Phi) is 3.65. The molecule has 0 bridgehead atoms. The molecule has 0 radical (unpaired) electrons. The largest absolute Gasteiger partial charge is 0.460 e. The van der Waals surface area contributed by atoms with E-state index in [1.807, 2.05) is 60.7 Å². The molecule has 0 fully saturated rings. The lowest BCUT2D eigenvalue weighted by molar-refractivity contribution is 0.512. The number of nitriles is 2. The summed E-state index contributed by atoms with van der Waals surface area (Å²) in [5.41, 5.74) is 9.65. The molecule has 1 aromatic heterocycles. The number of hydrogen-bond donors (Lipinski definition) is 2. The summed E-state index contributed by atoms with van der Waals surface area (Å²) in [6, 6.07) is 25.4. The quantitative estimate of drug-likeness (QED) is 0.686. The zero-order chi connectivity index (χ0) is 20.0. The lowest BCUT2D eigenvalue weighted by atomic mass is 9.87. The molecule has 3 N–H and O–H groups in total. The van der Waals surface area contributed by atoms with E-state index < -0.39 is 5.92 Å². The Labute approximate surface area is 167 Å². The van der Waals surface area contributed by atoms with Gasteiger partial charge in [0.05, 0.1) is 40.6 Å². The highest BCUT2D eigenvalue weighted by Gasteiger charge is 2.41. The lowest BCUT2D eigenvalue weighted by Crippen LogP contribution is -2.34. The molecule has 2 aromatic carbocycles. The van der Waals surface area contributed by atoms with Gasteiger partial charge < -0.3 is 15.5 Å². The Morgan fingerprint density at radius 2 is 1.62 bits per heavy atom. The Balaban J connectivity index is 1.67. The Bertz CT molecular complexity index is 1270. The maximum atomic E-state index is 9.98. The second-order valence-corrected chi connectivity index (χ2v) is 6.76. The minimum absolute atomic E-state index is 0.290. The number of furan rings is 1. The van der Waals surface area contributed by atoms with Crippen molar-refractivity contribution in [3.63, 3.8) is 0 Å². The Morgan fingerprint density at radius 3 is 2.38 bits per heavy atom. The number of anilines is 2. The predicted molar refractivity (Wildman–Crippen MR) is 109 cm³/mol. The molecular formula is C23H15N5O. The minimum Gasteiger partial charge on any atom is -0.460 e. The van der Waals surface area contributed by atoms with Crippen molar-refractivity contribution in [2.24, 2.45) is 5.73 Å². The van der Waals surface area contributed by atoms with Crippen LogP contribution in [-0.4, -0.2) is 0 Å². The molecule has 3 heterocycles. The fraction of sp³-hybridized carbons (Fsp3) is 0.0435. The number of allylic oxidation sites excluding steroid dienone is 2. The Hall–Kier alpha value is -4.42. The number of benzene rings is 2. The summed E-state index contributed by atoms with van der Waals surface area (Å²) in [5, 5.41) is 23.1. The molecule has 0 saturated heterocycles. The summed E-state index contributed by atoms with van der Waals surface area (Å²) in [4.78, 5) is 1.73. The van der Waals surface area contributed by atoms with Crippen molar-refractivity contribution in [3.8, 4) is 23.5 Å². The van der Waals surface area contributed by atoms with Crippen molar-refractivity contribution in [1.29, 1.82) is 10.5 Å². The average molecular weight is 377 g/mol. The molecular weight excluding hydrogens is 362 g/mol. The van der Waals surface area contributed by atoms with Gasteiger partial charge in [-0.1, -0.05) is 42.5 Å². The highest BCUT2D eigenvalue weighted by molar-refractivity contribution is 5.86. The van der Waals surface area contributed by atoms with Crippen molar-refractivity contribution < 1.29 is 4.42 Å². The van der Waals surface area contributed by atoms with E-state index in [-0.39, 0.29) is 5.57 Å². The fourth-order valence-corrected chi connectivity index (χ4v) is 3.86. The zero-order valence-electron chi connectivity index (χ0n) is 15.3. The molecule has 6 heteroatoms. The van der Waals surface area contributed by atoms with Gasteiger partial charge in [0.15, 0.2) is 0 Å². The van der Waals surface area contributed by atoms with Gasteiger partial charge in [-0.15, -0.1) is 0 Å². The summed E-state index contributed by atoms with van der Waals surface area (Å²) in [5.74, 6) is 1.36. The number of hydrogen-bond acceptors (Lipinski definition) is 6. The van der Waals surface area contributed by atoms with Gasteiger partial charge in [-0.2, -0.15) is 10.5 Å². The van der Waals surface area contributed by atoms with E-state index in [2.05, 4.69) is 17.5 Å². The van der Waals surface area contributed by atoms with Gasteiger partial charge in [-0.3, -0.25) is 4.90 Å². The zero-order valence-corrected chi connectivity index (χ0v) is 15.3. The number of nitrogens with one attached hydrogen (secondary N) is 1. The molecule has 29 heavy (non-hydrogen) atoms. The van der Waals surface area contributed by atoms with Crippen LogP contribution >= 0.6 is 0 Å². The number of nitrogens with two attached hydrogens (primary N) is 1. The van der Waals surface area contributed by atoms with Gasteiger partial charge in [0.1, 0.15) is 23.2 Å². The van der Waals surface area contributed by atoms with Gasteiger partial charge in [-0.05, 0) is 24.3 Å². The molecule has 0 unspecified atom stereocenters. The maximum Gasteiger partial charge on any atom is 0.134 e. The van der Waals surface area contributed by atoms with Crippen LogP contribution in [0.5, 0.6) is 0 Å². The second kappa shape index (κ2) is 6.33. The molecule has 0 spiro atoms. The van der Waals surface area contributed by atoms with Crippen LogP contribution in [0.2, 0.25) is 0 Å². The topological polar surface area (TPSA) is 102 Å². The Morgan fingerprint density at radius 1 is 0.897 bits per heavy atom. The van der Waals surface area contributed by atoms with Gasteiger partial charge >= 0.3 is 0 Å². The van der Waals surface area contributed by atoms with E-state index in [9.17, 15) is 10.5 Å². The van der Waals surface area contributed by atoms with Gasteiger partial charge in [-0.25, -0.2) is 0 Å². The number of rotatable bonds is 2. The maximum absolute atomic E-state index is 9.98. The van der Waals surface area contributed by atoms with Crippen LogP contribution in [0.25, 0.3) is 11.3 Å². The van der Waals surface area contributed by atoms with Crippen LogP contribution in [0.4, 0.5) is 11.4 Å². The smallest absolute Gasteiger partial charge is 0.134 e. The summed E-state index contributed by atoms with van der Waals surface area (Å²) in [6.07, 6.45) is 0. The van der Waals surface area contributed by atoms with E-state index in [1.54, 1.807) is 11.0 Å². The van der Waals surface area contributed by atoms with Crippen molar-refractivity contribution in [2.45, 2.75) is 5.92 Å². The molecule has 3 aromatic rings. The third-order valence-corrected chi connectivity index (χ3v) is 5.18. The van der Waals surface area contributed by atoms with E-state index in [0.29, 0.717) is 28.7 Å².